The number of sulfonamides is 1. The number of benzene rings is 1. The van der Waals surface area contributed by atoms with E-state index in [-0.39, 0.29) is 0 Å². The minimum absolute atomic E-state index is 0.336. The van der Waals surface area contributed by atoms with E-state index in [1.165, 1.54) is 17.1 Å². The van der Waals surface area contributed by atoms with Gasteiger partial charge in [0.1, 0.15) is 0 Å². The average Bonchev–Trinajstić information content (AvgIpc) is 3.10. The molecule has 1 aliphatic rings. The maximum atomic E-state index is 11.9. The van der Waals surface area contributed by atoms with Crippen LogP contribution in [0, 0.1) is 5.92 Å². The fraction of sp³-hybridized carbons (Fsp3) is 0.500. The smallest absolute Gasteiger partial charge is 0.242 e. The maximum absolute atomic E-state index is 11.9. The summed E-state index contributed by atoms with van der Waals surface area (Å²) < 4.78 is 25.1. The van der Waals surface area contributed by atoms with E-state index in [0.29, 0.717) is 4.90 Å². The van der Waals surface area contributed by atoms with Gasteiger partial charge < -0.3 is 5.32 Å². The molecule has 0 aliphatic heterocycles. The molecule has 0 spiro atoms. The minimum atomic E-state index is -3.33. The Morgan fingerprint density at radius 2 is 2.06 bits per heavy atom. The van der Waals surface area contributed by atoms with Gasteiger partial charge in [0, 0.05) is 26.3 Å². The summed E-state index contributed by atoms with van der Waals surface area (Å²) in [5, 5.41) is 3.28. The molecular formula is C12H18N2O2S. The molecule has 0 heterocycles. The Bertz CT molecular complexity index is 493. The van der Waals surface area contributed by atoms with E-state index in [1.807, 2.05) is 6.07 Å². The molecule has 1 aromatic rings. The first-order chi connectivity index (χ1) is 8.00. The van der Waals surface area contributed by atoms with Crippen molar-refractivity contribution in [1.29, 1.82) is 0 Å². The van der Waals surface area contributed by atoms with Gasteiger partial charge in [-0.3, -0.25) is 0 Å². The first-order valence-electron chi connectivity index (χ1n) is 5.76. The molecule has 0 amide bonds. The van der Waals surface area contributed by atoms with Crippen molar-refractivity contribution in [1.82, 2.24) is 4.31 Å². The van der Waals surface area contributed by atoms with Crippen molar-refractivity contribution in [2.45, 2.75) is 17.7 Å². The highest BCUT2D eigenvalue weighted by Gasteiger charge is 2.21. The monoisotopic (exact) mass is 254 g/mol. The zero-order valence-electron chi connectivity index (χ0n) is 10.2. The summed E-state index contributed by atoms with van der Waals surface area (Å²) in [6, 6.07) is 6.98. The summed E-state index contributed by atoms with van der Waals surface area (Å²) in [6.07, 6.45) is 2.56. The van der Waals surface area contributed by atoms with Crippen LogP contribution in [0.15, 0.2) is 29.2 Å². The van der Waals surface area contributed by atoms with Crippen LogP contribution < -0.4 is 5.32 Å². The molecule has 17 heavy (non-hydrogen) atoms. The lowest BCUT2D eigenvalue weighted by molar-refractivity contribution is 0.521. The van der Waals surface area contributed by atoms with Gasteiger partial charge in [-0.2, -0.15) is 0 Å². The van der Waals surface area contributed by atoms with Crippen LogP contribution in [0.25, 0.3) is 0 Å². The van der Waals surface area contributed by atoms with Gasteiger partial charge in [0.05, 0.1) is 4.90 Å². The Hall–Kier alpha value is -1.07. The Labute approximate surface area is 103 Å². The van der Waals surface area contributed by atoms with E-state index < -0.39 is 10.0 Å². The molecule has 1 N–H and O–H groups in total. The highest BCUT2D eigenvalue weighted by molar-refractivity contribution is 7.89. The van der Waals surface area contributed by atoms with E-state index in [2.05, 4.69) is 5.32 Å². The molecule has 5 heteroatoms. The molecule has 0 bridgehead atoms. The van der Waals surface area contributed by atoms with Crippen LogP contribution in [0.5, 0.6) is 0 Å². The molecule has 2 rings (SSSR count). The second-order valence-corrected chi connectivity index (χ2v) is 6.79. The fourth-order valence-corrected chi connectivity index (χ4v) is 2.51. The second-order valence-electron chi connectivity index (χ2n) is 4.64. The summed E-state index contributed by atoms with van der Waals surface area (Å²) in [7, 11) is -0.246. The molecule has 0 unspecified atom stereocenters. The van der Waals surface area contributed by atoms with Gasteiger partial charge in [-0.05, 0) is 37.0 Å². The molecule has 0 radical (unpaired) electrons. The van der Waals surface area contributed by atoms with Gasteiger partial charge in [0.2, 0.25) is 10.0 Å². The van der Waals surface area contributed by atoms with Gasteiger partial charge in [0.15, 0.2) is 0 Å². The number of hydrogen-bond donors (Lipinski definition) is 1. The van der Waals surface area contributed by atoms with E-state index >= 15 is 0 Å². The molecule has 1 aliphatic carbocycles. The Morgan fingerprint density at radius 3 is 2.65 bits per heavy atom. The second kappa shape index (κ2) is 4.66. The Kier molecular flexibility index (Phi) is 3.40. The van der Waals surface area contributed by atoms with Crippen molar-refractivity contribution in [3.8, 4) is 0 Å². The summed E-state index contributed by atoms with van der Waals surface area (Å²) in [4.78, 5) is 0.336. The Balaban J connectivity index is 2.15. The van der Waals surface area contributed by atoms with Crippen molar-refractivity contribution < 1.29 is 8.42 Å². The third-order valence-corrected chi connectivity index (χ3v) is 4.72. The SMILES string of the molecule is CN(C)S(=O)(=O)c1cccc(NCC2CC2)c1. The Morgan fingerprint density at radius 1 is 1.35 bits per heavy atom. The zero-order chi connectivity index (χ0) is 12.5. The van der Waals surface area contributed by atoms with E-state index in [0.717, 1.165) is 18.2 Å². The number of anilines is 1. The first-order valence-corrected chi connectivity index (χ1v) is 7.20. The molecule has 94 valence electrons. The van der Waals surface area contributed by atoms with Crippen molar-refractivity contribution in [3.05, 3.63) is 24.3 Å². The summed E-state index contributed by atoms with van der Waals surface area (Å²) in [5.74, 6) is 0.768. The summed E-state index contributed by atoms with van der Waals surface area (Å²) in [5.41, 5.74) is 0.875. The molecular weight excluding hydrogens is 236 g/mol. The van der Waals surface area contributed by atoms with Crippen molar-refractivity contribution in [3.63, 3.8) is 0 Å². The highest BCUT2D eigenvalue weighted by atomic mass is 32.2. The van der Waals surface area contributed by atoms with Crippen LogP contribution in [0.1, 0.15) is 12.8 Å². The zero-order valence-corrected chi connectivity index (χ0v) is 11.0. The fourth-order valence-electron chi connectivity index (χ4n) is 1.56. The van der Waals surface area contributed by atoms with Crippen LogP contribution in [-0.4, -0.2) is 33.4 Å². The summed E-state index contributed by atoms with van der Waals surface area (Å²) in [6.45, 7) is 0.936. The average molecular weight is 254 g/mol. The molecule has 1 fully saturated rings. The van der Waals surface area contributed by atoms with Crippen LogP contribution in [0.2, 0.25) is 0 Å². The number of rotatable bonds is 5. The highest BCUT2D eigenvalue weighted by Crippen LogP contribution is 2.29. The van der Waals surface area contributed by atoms with Gasteiger partial charge in [-0.1, -0.05) is 6.07 Å². The van der Waals surface area contributed by atoms with Gasteiger partial charge in [0.25, 0.3) is 0 Å². The lowest BCUT2D eigenvalue weighted by Crippen LogP contribution is -2.22. The van der Waals surface area contributed by atoms with Gasteiger partial charge in [-0.15, -0.1) is 0 Å². The third kappa shape index (κ3) is 2.98. The summed E-state index contributed by atoms with van der Waals surface area (Å²) >= 11 is 0. The topological polar surface area (TPSA) is 49.4 Å². The molecule has 4 nitrogen and oxygen atoms in total. The van der Waals surface area contributed by atoms with Crippen molar-refractivity contribution in [2.24, 2.45) is 5.92 Å². The van der Waals surface area contributed by atoms with Gasteiger partial charge in [-0.25, -0.2) is 12.7 Å². The predicted molar refractivity (Wildman–Crippen MR) is 68.5 cm³/mol. The molecule has 1 aromatic carbocycles. The number of nitrogens with one attached hydrogen (secondary N) is 1. The van der Waals surface area contributed by atoms with E-state index in [1.54, 1.807) is 32.3 Å². The van der Waals surface area contributed by atoms with Gasteiger partial charge >= 0.3 is 0 Å². The molecule has 0 saturated heterocycles. The molecule has 1 saturated carbocycles. The number of hydrogen-bond acceptors (Lipinski definition) is 3. The maximum Gasteiger partial charge on any atom is 0.242 e. The number of nitrogens with zero attached hydrogens (tertiary/aromatic N) is 1. The largest absolute Gasteiger partial charge is 0.385 e. The normalized spacial score (nSPS) is 16.2. The van der Waals surface area contributed by atoms with E-state index in [4.69, 9.17) is 0 Å². The van der Waals surface area contributed by atoms with E-state index in [9.17, 15) is 8.42 Å². The van der Waals surface area contributed by atoms with Crippen molar-refractivity contribution in [2.75, 3.05) is 26.0 Å². The standard InChI is InChI=1S/C12H18N2O2S/c1-14(2)17(15,16)12-5-3-4-11(8-12)13-9-10-6-7-10/h3-5,8,10,13H,6-7,9H2,1-2H3. The molecule has 0 aromatic heterocycles. The predicted octanol–water partition coefficient (Wildman–Crippen LogP) is 1.76. The van der Waals surface area contributed by atoms with Crippen LogP contribution in [0.4, 0.5) is 5.69 Å². The first kappa shape index (κ1) is 12.4. The lowest BCUT2D eigenvalue weighted by Gasteiger charge is -2.12. The van der Waals surface area contributed by atoms with Crippen LogP contribution in [-0.2, 0) is 10.0 Å². The minimum Gasteiger partial charge on any atom is -0.385 e. The van der Waals surface area contributed by atoms with Crippen LogP contribution in [0.3, 0.4) is 0 Å². The van der Waals surface area contributed by atoms with Crippen LogP contribution >= 0.6 is 0 Å². The quantitative estimate of drug-likeness (QED) is 0.871. The lowest BCUT2D eigenvalue weighted by atomic mass is 10.3. The molecule has 0 atom stereocenters. The van der Waals surface area contributed by atoms with Crippen molar-refractivity contribution >= 4 is 15.7 Å². The third-order valence-electron chi connectivity index (χ3n) is 2.90.